The van der Waals surface area contributed by atoms with Crippen molar-refractivity contribution in [1.82, 2.24) is 19.4 Å². The minimum Gasteiger partial charge on any atom is -0.508 e. The van der Waals surface area contributed by atoms with E-state index in [-0.39, 0.29) is 79.4 Å². The molecule has 0 spiro atoms. The predicted molar refractivity (Wildman–Crippen MR) is 150 cm³/mol. The summed E-state index contributed by atoms with van der Waals surface area (Å²) in [5.41, 5.74) is 5.09. The van der Waals surface area contributed by atoms with Crippen LogP contribution in [0.3, 0.4) is 0 Å². The van der Waals surface area contributed by atoms with Crippen LogP contribution in [0.4, 0.5) is 0 Å². The van der Waals surface area contributed by atoms with E-state index in [0.717, 1.165) is 9.13 Å². The largest absolute Gasteiger partial charge is 0.508 e. The number of nitrogens with zero attached hydrogens (tertiary/aromatic N) is 3. The van der Waals surface area contributed by atoms with E-state index in [1.165, 1.54) is 43.6 Å². The summed E-state index contributed by atoms with van der Waals surface area (Å²) in [6.45, 7) is 2.28. The monoisotopic (exact) mass is 625 g/mol. The van der Waals surface area contributed by atoms with Crippen molar-refractivity contribution in [3.05, 3.63) is 87.2 Å². The number of carbonyl (C=O) groups is 3. The number of Topliss-reactive ketones (excluding diaryl/α,β-unsaturated/α-hetero) is 1. The molecule has 0 aliphatic rings. The van der Waals surface area contributed by atoms with E-state index in [4.69, 9.17) is 10.8 Å². The van der Waals surface area contributed by atoms with E-state index in [2.05, 4.69) is 5.32 Å². The number of aromatic nitrogens is 2. The smallest absolute Gasteiger partial charge is 0.293 e. The molecular weight excluding hydrogens is 590 g/mol. The van der Waals surface area contributed by atoms with E-state index in [9.17, 15) is 34.2 Å². The van der Waals surface area contributed by atoms with Gasteiger partial charge in [0.1, 0.15) is 18.1 Å². The molecule has 0 unspecified atom stereocenters. The number of carbonyl (C=O) groups excluding carboxylic acids is 3. The second kappa shape index (κ2) is 18.1. The van der Waals surface area contributed by atoms with Crippen LogP contribution < -0.4 is 22.2 Å². The van der Waals surface area contributed by atoms with Gasteiger partial charge in [0.2, 0.25) is 11.8 Å². The van der Waals surface area contributed by atoms with Gasteiger partial charge in [0, 0.05) is 62.1 Å². The van der Waals surface area contributed by atoms with Crippen LogP contribution in [0.2, 0.25) is 0 Å². The molecule has 0 bridgehead atoms. The van der Waals surface area contributed by atoms with Crippen LogP contribution in [0.5, 0.6) is 17.2 Å². The van der Waals surface area contributed by atoms with Gasteiger partial charge in [-0.3, -0.25) is 24.0 Å². The number of amides is 2. The zero-order valence-electron chi connectivity index (χ0n) is 23.1. The molecular formula is C28H35FeN5O8. The Kier molecular flexibility index (Phi) is 15.4. The molecule has 1 aromatic carbocycles. The summed E-state index contributed by atoms with van der Waals surface area (Å²) in [5.74, 6) is -1.27. The van der Waals surface area contributed by atoms with Gasteiger partial charge < -0.3 is 40.4 Å². The maximum absolute atomic E-state index is 12.5. The van der Waals surface area contributed by atoms with Gasteiger partial charge in [0.25, 0.3) is 11.1 Å². The molecule has 0 radical (unpaired) electrons. The third kappa shape index (κ3) is 11.6. The van der Waals surface area contributed by atoms with Gasteiger partial charge in [-0.15, -0.1) is 0 Å². The van der Waals surface area contributed by atoms with Gasteiger partial charge in [-0.1, -0.05) is 18.2 Å². The quantitative estimate of drug-likeness (QED) is 0.171. The Morgan fingerprint density at radius 2 is 1.38 bits per heavy atom. The number of pyridine rings is 2. The number of phenols is 1. The van der Waals surface area contributed by atoms with Crippen LogP contribution in [0.15, 0.2) is 70.5 Å². The Morgan fingerprint density at radius 3 is 1.93 bits per heavy atom. The van der Waals surface area contributed by atoms with Crippen LogP contribution >= 0.6 is 0 Å². The van der Waals surface area contributed by atoms with Crippen molar-refractivity contribution in [2.75, 3.05) is 26.2 Å². The SMILES string of the molecule is CC(=O)Cn1cccc(O)c1=O.NCCN(CCNC(=O)Cn1cccc(O)c1=O)C(=O)CCc1ccccc1O.[Fe]. The second-order valence-electron chi connectivity index (χ2n) is 9.00. The fourth-order valence-electron chi connectivity index (χ4n) is 3.72. The van der Waals surface area contributed by atoms with Gasteiger partial charge >= 0.3 is 0 Å². The van der Waals surface area contributed by atoms with Gasteiger partial charge in [-0.2, -0.15) is 0 Å². The number of hydrogen-bond acceptors (Lipinski definition) is 9. The zero-order chi connectivity index (χ0) is 30.4. The average Bonchev–Trinajstić information content (AvgIpc) is 2.93. The summed E-state index contributed by atoms with van der Waals surface area (Å²) in [5, 5.41) is 30.8. The number of aryl methyl sites for hydroxylation is 1. The minimum absolute atomic E-state index is 0. The van der Waals surface area contributed by atoms with Gasteiger partial charge in [0.05, 0.1) is 6.54 Å². The molecule has 14 heteroatoms. The molecule has 6 N–H and O–H groups in total. The number of nitrogens with two attached hydrogens (primary N) is 1. The van der Waals surface area contributed by atoms with E-state index in [1.807, 2.05) is 0 Å². The fraction of sp³-hybridized carbons (Fsp3) is 0.321. The number of benzene rings is 1. The summed E-state index contributed by atoms with van der Waals surface area (Å²) in [4.78, 5) is 59.5. The molecule has 3 rings (SSSR count). The van der Waals surface area contributed by atoms with Gasteiger partial charge in [0.15, 0.2) is 11.5 Å². The van der Waals surface area contributed by atoms with E-state index in [0.29, 0.717) is 18.5 Å². The third-order valence-electron chi connectivity index (χ3n) is 5.76. The molecule has 2 aromatic heterocycles. The van der Waals surface area contributed by atoms with E-state index < -0.39 is 22.8 Å². The average molecular weight is 625 g/mol. The summed E-state index contributed by atoms with van der Waals surface area (Å²) in [6.07, 6.45) is 3.48. The molecule has 0 atom stereocenters. The summed E-state index contributed by atoms with van der Waals surface area (Å²) < 4.78 is 2.26. The molecule has 2 heterocycles. The fourth-order valence-corrected chi connectivity index (χ4v) is 3.72. The van der Waals surface area contributed by atoms with Crippen molar-refractivity contribution in [1.29, 1.82) is 0 Å². The molecule has 3 aromatic rings. The molecule has 42 heavy (non-hydrogen) atoms. The molecule has 0 fully saturated rings. The van der Waals surface area contributed by atoms with Crippen LogP contribution in [0, 0.1) is 0 Å². The summed E-state index contributed by atoms with van der Waals surface area (Å²) in [7, 11) is 0. The molecule has 0 saturated carbocycles. The molecule has 0 aliphatic carbocycles. The number of ketones is 1. The van der Waals surface area contributed by atoms with E-state index >= 15 is 0 Å². The first-order valence-electron chi connectivity index (χ1n) is 12.8. The Balaban J connectivity index is 0.000000569. The minimum atomic E-state index is -0.647. The first-order chi connectivity index (χ1) is 19.5. The summed E-state index contributed by atoms with van der Waals surface area (Å²) in [6, 6.07) is 12.4. The molecule has 0 aliphatic heterocycles. The first kappa shape index (κ1) is 35.6. The Hall–Kier alpha value is -4.39. The first-order valence-corrected chi connectivity index (χ1v) is 12.8. The molecule has 228 valence electrons. The van der Waals surface area contributed by atoms with Gasteiger partial charge in [-0.25, -0.2) is 0 Å². The van der Waals surface area contributed by atoms with Crippen molar-refractivity contribution >= 4 is 17.6 Å². The molecule has 0 saturated heterocycles. The number of aromatic hydroxyl groups is 3. The third-order valence-corrected chi connectivity index (χ3v) is 5.76. The van der Waals surface area contributed by atoms with Crippen LogP contribution in [-0.2, 0) is 51.0 Å². The zero-order valence-corrected chi connectivity index (χ0v) is 24.2. The second-order valence-corrected chi connectivity index (χ2v) is 9.00. The molecule has 13 nitrogen and oxygen atoms in total. The van der Waals surface area contributed by atoms with Crippen molar-refractivity contribution in [2.45, 2.75) is 32.9 Å². The van der Waals surface area contributed by atoms with E-state index in [1.54, 1.807) is 29.2 Å². The normalized spacial score (nSPS) is 10.0. The number of nitrogens with one attached hydrogen (secondary N) is 1. The topological polar surface area (TPSA) is 197 Å². The van der Waals surface area contributed by atoms with Crippen LogP contribution in [0.25, 0.3) is 0 Å². The van der Waals surface area contributed by atoms with Crippen molar-refractivity contribution in [3.8, 4) is 17.2 Å². The standard InChI is InChI=1S/C20H26N4O5.C8H9NO3.Fe/c21-9-12-23(19(28)8-7-15-4-1-2-5-16(15)25)13-10-22-18(27)14-24-11-3-6-17(26)20(24)29;1-6(10)5-9-4-2-3-7(11)8(9)12;/h1-6,11,25-26H,7-10,12-14,21H2,(H,22,27);2-4,11H,5H2,1H3;. The predicted octanol–water partition coefficient (Wildman–Crippen LogP) is -0.0638. The Morgan fingerprint density at radius 1 is 0.833 bits per heavy atom. The van der Waals surface area contributed by atoms with Gasteiger partial charge in [-0.05, 0) is 49.2 Å². The number of para-hydroxylation sites is 1. The number of rotatable bonds is 12. The number of phenolic OH excluding ortho intramolecular Hbond substituents is 1. The van der Waals surface area contributed by atoms with Crippen molar-refractivity contribution in [2.24, 2.45) is 5.73 Å². The Bertz CT molecular complexity index is 1460. The van der Waals surface area contributed by atoms with Crippen molar-refractivity contribution < 1.29 is 46.8 Å². The molecule has 2 amide bonds. The maximum Gasteiger partial charge on any atom is 0.293 e. The number of hydrogen-bond donors (Lipinski definition) is 5. The maximum atomic E-state index is 12.5. The van der Waals surface area contributed by atoms with Crippen molar-refractivity contribution in [3.63, 3.8) is 0 Å². The van der Waals surface area contributed by atoms with Crippen LogP contribution in [-0.4, -0.2) is 73.1 Å². The van der Waals surface area contributed by atoms with Crippen LogP contribution in [0.1, 0.15) is 18.9 Å². The Labute approximate surface area is 252 Å². The summed E-state index contributed by atoms with van der Waals surface area (Å²) >= 11 is 0.